The number of aliphatic hydroxyl groups is 1. The van der Waals surface area contributed by atoms with E-state index < -0.39 is 5.97 Å². The maximum Gasteiger partial charge on any atom is 0.353 e. The van der Waals surface area contributed by atoms with Crippen LogP contribution in [0, 0.1) is 0 Å². The van der Waals surface area contributed by atoms with E-state index in [2.05, 4.69) is 11.3 Å². The van der Waals surface area contributed by atoms with Crippen LogP contribution in [0.15, 0.2) is 12.3 Å². The zero-order chi connectivity index (χ0) is 7.28. The number of nitrogens with two attached hydrogens (primary N) is 1. The number of esters is 1. The fourth-order valence-corrected chi connectivity index (χ4v) is 0.231. The van der Waals surface area contributed by atoms with Gasteiger partial charge in [0.2, 0.25) is 0 Å². The molecule has 3 N–H and O–H groups in total. The van der Waals surface area contributed by atoms with Crippen molar-refractivity contribution in [3.05, 3.63) is 12.3 Å². The Hall–Kier alpha value is -1.03. The van der Waals surface area contributed by atoms with Gasteiger partial charge in [0.1, 0.15) is 12.3 Å². The topological polar surface area (TPSA) is 72.6 Å². The predicted octanol–water partition coefficient (Wildman–Crippen LogP) is -1.01. The highest BCUT2D eigenvalue weighted by Crippen LogP contribution is 1.82. The first kappa shape index (κ1) is 7.97. The van der Waals surface area contributed by atoms with Gasteiger partial charge >= 0.3 is 5.97 Å². The van der Waals surface area contributed by atoms with Crippen LogP contribution in [0.1, 0.15) is 0 Å². The Morgan fingerprint density at radius 2 is 2.33 bits per heavy atom. The Bertz CT molecular complexity index is 121. The van der Waals surface area contributed by atoms with E-state index in [0.717, 1.165) is 0 Å². The second-order valence-corrected chi connectivity index (χ2v) is 1.38. The summed E-state index contributed by atoms with van der Waals surface area (Å²) >= 11 is 0. The number of rotatable bonds is 3. The van der Waals surface area contributed by atoms with Crippen molar-refractivity contribution in [2.24, 2.45) is 5.73 Å². The van der Waals surface area contributed by atoms with Crippen molar-refractivity contribution in [1.82, 2.24) is 0 Å². The highest BCUT2D eigenvalue weighted by atomic mass is 16.5. The molecule has 0 spiro atoms. The average molecular weight is 131 g/mol. The van der Waals surface area contributed by atoms with Crippen molar-refractivity contribution < 1.29 is 14.6 Å². The van der Waals surface area contributed by atoms with Gasteiger partial charge in [0.05, 0.1) is 6.61 Å². The van der Waals surface area contributed by atoms with Crippen LogP contribution in [0.3, 0.4) is 0 Å². The van der Waals surface area contributed by atoms with E-state index in [1.54, 1.807) is 0 Å². The predicted molar refractivity (Wildman–Crippen MR) is 31.4 cm³/mol. The van der Waals surface area contributed by atoms with Crippen LogP contribution in [0.4, 0.5) is 0 Å². The third kappa shape index (κ3) is 3.54. The summed E-state index contributed by atoms with van der Waals surface area (Å²) < 4.78 is 4.34. The molecule has 0 fully saturated rings. The molecule has 52 valence electrons. The largest absolute Gasteiger partial charge is 0.459 e. The highest BCUT2D eigenvalue weighted by molar-refractivity contribution is 5.86. The number of carbonyl (C=O) groups is 1. The molecule has 0 saturated heterocycles. The van der Waals surface area contributed by atoms with Gasteiger partial charge in [-0.15, -0.1) is 0 Å². The molecule has 0 bridgehead atoms. The average Bonchev–Trinajstić information content (AvgIpc) is 1.82. The minimum atomic E-state index is -0.677. The van der Waals surface area contributed by atoms with E-state index in [4.69, 9.17) is 10.8 Å². The van der Waals surface area contributed by atoms with Crippen LogP contribution in [-0.2, 0) is 9.53 Å². The molecule has 0 radical (unpaired) electrons. The Morgan fingerprint density at radius 1 is 1.78 bits per heavy atom. The fraction of sp³-hybridized carbons (Fsp3) is 0.400. The van der Waals surface area contributed by atoms with Crippen LogP contribution >= 0.6 is 0 Å². The second-order valence-electron chi connectivity index (χ2n) is 1.38. The zero-order valence-corrected chi connectivity index (χ0v) is 4.96. The van der Waals surface area contributed by atoms with Crippen molar-refractivity contribution in [2.45, 2.75) is 0 Å². The summed E-state index contributed by atoms with van der Waals surface area (Å²) in [5.41, 5.74) is 4.78. The van der Waals surface area contributed by atoms with Crippen molar-refractivity contribution >= 4 is 5.97 Å². The molecule has 0 atom stereocenters. The van der Waals surface area contributed by atoms with E-state index in [9.17, 15) is 4.79 Å². The van der Waals surface area contributed by atoms with Gasteiger partial charge in [0.25, 0.3) is 0 Å². The molecule has 0 saturated carbocycles. The summed E-state index contributed by atoms with van der Waals surface area (Å²) in [5, 5.41) is 8.15. The third-order valence-corrected chi connectivity index (χ3v) is 0.587. The highest BCUT2D eigenvalue weighted by Gasteiger charge is 2.00. The van der Waals surface area contributed by atoms with E-state index in [0.29, 0.717) is 0 Å². The molecule has 4 nitrogen and oxygen atoms in total. The molecule has 0 aromatic rings. The lowest BCUT2D eigenvalue weighted by atomic mass is 10.5. The van der Waals surface area contributed by atoms with Crippen molar-refractivity contribution in [3.63, 3.8) is 0 Å². The Balaban J connectivity index is 3.39. The molecule has 0 aliphatic heterocycles. The summed E-state index contributed by atoms with van der Waals surface area (Å²) in [5.74, 6) is -0.677. The van der Waals surface area contributed by atoms with E-state index in [-0.39, 0.29) is 18.9 Å². The van der Waals surface area contributed by atoms with Gasteiger partial charge in [-0.3, -0.25) is 0 Å². The van der Waals surface area contributed by atoms with Crippen molar-refractivity contribution in [3.8, 4) is 0 Å². The molecule has 0 unspecified atom stereocenters. The lowest BCUT2D eigenvalue weighted by molar-refractivity contribution is -0.140. The number of aliphatic hydroxyl groups excluding tert-OH is 1. The first-order chi connectivity index (χ1) is 4.18. The molecule has 0 amide bonds. The molecule has 0 heterocycles. The Kier molecular flexibility index (Phi) is 3.46. The lowest BCUT2D eigenvalue weighted by Gasteiger charge is -1.99. The smallest absolute Gasteiger partial charge is 0.353 e. The monoisotopic (exact) mass is 131 g/mol. The standard InChI is InChI=1S/C5H9NO3/c1-4(6)5(8)9-3-2-7/h7H,1-3,6H2. The normalized spacial score (nSPS) is 8.56. The minimum absolute atomic E-state index is 0.0327. The molecule has 0 aromatic heterocycles. The number of hydrogen-bond donors (Lipinski definition) is 2. The number of ether oxygens (including phenoxy) is 1. The molecule has 0 aliphatic rings. The molecule has 4 heteroatoms. The first-order valence-electron chi connectivity index (χ1n) is 2.41. The van der Waals surface area contributed by atoms with Crippen LogP contribution in [0.5, 0.6) is 0 Å². The van der Waals surface area contributed by atoms with Gasteiger partial charge in [-0.2, -0.15) is 0 Å². The summed E-state index contributed by atoms with van der Waals surface area (Å²) in [7, 11) is 0. The van der Waals surface area contributed by atoms with E-state index in [1.165, 1.54) is 0 Å². The van der Waals surface area contributed by atoms with Gasteiger partial charge in [0, 0.05) is 0 Å². The molecule has 9 heavy (non-hydrogen) atoms. The summed E-state index contributed by atoms with van der Waals surface area (Å²) in [4.78, 5) is 10.3. The summed E-state index contributed by atoms with van der Waals surface area (Å²) in [6, 6.07) is 0. The second kappa shape index (κ2) is 3.91. The maximum atomic E-state index is 10.3. The fourth-order valence-electron chi connectivity index (χ4n) is 0.231. The van der Waals surface area contributed by atoms with Crippen LogP contribution in [0.2, 0.25) is 0 Å². The van der Waals surface area contributed by atoms with Gasteiger partial charge in [-0.05, 0) is 0 Å². The Morgan fingerprint density at radius 3 is 2.67 bits per heavy atom. The van der Waals surface area contributed by atoms with Crippen molar-refractivity contribution in [2.75, 3.05) is 13.2 Å². The first-order valence-corrected chi connectivity index (χ1v) is 2.41. The number of hydrogen-bond acceptors (Lipinski definition) is 4. The maximum absolute atomic E-state index is 10.3. The molecule has 0 aliphatic carbocycles. The lowest BCUT2D eigenvalue weighted by Crippen LogP contribution is -2.15. The van der Waals surface area contributed by atoms with Gasteiger partial charge < -0.3 is 15.6 Å². The van der Waals surface area contributed by atoms with Gasteiger partial charge in [-0.1, -0.05) is 6.58 Å². The van der Waals surface area contributed by atoms with Crippen molar-refractivity contribution in [1.29, 1.82) is 0 Å². The summed E-state index contributed by atoms with van der Waals surface area (Å²) in [6.45, 7) is 2.90. The van der Waals surface area contributed by atoms with Gasteiger partial charge in [0.15, 0.2) is 0 Å². The zero-order valence-electron chi connectivity index (χ0n) is 4.96. The van der Waals surface area contributed by atoms with Crippen LogP contribution < -0.4 is 5.73 Å². The van der Waals surface area contributed by atoms with Gasteiger partial charge in [-0.25, -0.2) is 4.79 Å². The SMILES string of the molecule is C=C(N)C(=O)OCCO. The quantitative estimate of drug-likeness (QED) is 0.380. The molecule has 0 aromatic carbocycles. The van der Waals surface area contributed by atoms with Crippen LogP contribution in [0.25, 0.3) is 0 Å². The molecular weight excluding hydrogens is 122 g/mol. The minimum Gasteiger partial charge on any atom is -0.459 e. The third-order valence-electron chi connectivity index (χ3n) is 0.587. The van der Waals surface area contributed by atoms with E-state index in [1.807, 2.05) is 0 Å². The summed E-state index contributed by atoms with van der Waals surface area (Å²) in [6.07, 6.45) is 0. The molecule has 0 rings (SSSR count). The van der Waals surface area contributed by atoms with Crippen LogP contribution in [-0.4, -0.2) is 24.3 Å². The Labute approximate surface area is 52.9 Å². The number of carbonyl (C=O) groups excluding carboxylic acids is 1. The van der Waals surface area contributed by atoms with E-state index >= 15 is 0 Å². The molecular formula is C5H9NO3.